The number of carbonyl (C=O) groups excluding carboxylic acids is 1. The summed E-state index contributed by atoms with van der Waals surface area (Å²) in [4.78, 5) is 29.0. The molecule has 1 amide bonds. The summed E-state index contributed by atoms with van der Waals surface area (Å²) >= 11 is 1.39. The molecular weight excluding hydrogens is 400 g/mol. The molecule has 2 N–H and O–H groups in total. The second kappa shape index (κ2) is 8.28. The van der Waals surface area contributed by atoms with Crippen LogP contribution in [0, 0.1) is 13.8 Å². The van der Waals surface area contributed by atoms with Crippen molar-refractivity contribution in [2.75, 3.05) is 6.61 Å². The maximum atomic E-state index is 12.6. The number of rotatable bonds is 6. The lowest BCUT2D eigenvalue weighted by Crippen LogP contribution is -2.31. The van der Waals surface area contributed by atoms with E-state index in [1.54, 1.807) is 0 Å². The summed E-state index contributed by atoms with van der Waals surface area (Å²) in [5.41, 5.74) is 5.29. The van der Waals surface area contributed by atoms with Crippen LogP contribution in [0.25, 0.3) is 11.1 Å². The molecule has 0 spiro atoms. The second-order valence-corrected chi connectivity index (χ2v) is 8.54. The van der Waals surface area contributed by atoms with Crippen molar-refractivity contribution >= 4 is 23.4 Å². The minimum absolute atomic E-state index is 0.0477. The van der Waals surface area contributed by atoms with Crippen molar-refractivity contribution < 1.29 is 19.4 Å². The van der Waals surface area contributed by atoms with Gasteiger partial charge >= 0.3 is 12.1 Å². The summed E-state index contributed by atoms with van der Waals surface area (Å²) in [7, 11) is 0. The van der Waals surface area contributed by atoms with Crippen molar-refractivity contribution in [1.29, 1.82) is 0 Å². The van der Waals surface area contributed by atoms with Gasteiger partial charge in [-0.15, -0.1) is 11.3 Å². The lowest BCUT2D eigenvalue weighted by Gasteiger charge is -2.18. The van der Waals surface area contributed by atoms with Gasteiger partial charge in [-0.3, -0.25) is 4.79 Å². The fourth-order valence-electron chi connectivity index (χ4n) is 4.04. The number of carboxylic acid groups (broad SMARTS) is 1. The number of hydrogen-bond donors (Lipinski definition) is 2. The highest BCUT2D eigenvalue weighted by atomic mass is 32.1. The van der Waals surface area contributed by atoms with Crippen molar-refractivity contribution in [1.82, 2.24) is 10.3 Å². The van der Waals surface area contributed by atoms with Crippen LogP contribution in [-0.4, -0.2) is 28.8 Å². The van der Waals surface area contributed by atoms with Crippen LogP contribution in [0.4, 0.5) is 4.79 Å². The Bertz CT molecular complexity index is 1060. The smallest absolute Gasteiger partial charge is 0.407 e. The van der Waals surface area contributed by atoms with Crippen molar-refractivity contribution in [3.63, 3.8) is 0 Å². The molecule has 1 heterocycles. The quantitative estimate of drug-likeness (QED) is 0.595. The summed E-state index contributed by atoms with van der Waals surface area (Å²) in [5, 5.41) is 12.8. The number of aliphatic carboxylic acids is 1. The Kier molecular flexibility index (Phi) is 5.55. The molecule has 1 aliphatic carbocycles. The van der Waals surface area contributed by atoms with Gasteiger partial charge in [-0.05, 0) is 36.1 Å². The molecule has 0 radical (unpaired) electrons. The standard InChI is InChI=1S/C23H22N2O4S/c1-13-22(30-14(2)24-13)20(11-21(26)27)25-23(28)29-12-19-17-9-5-3-7-15(17)16-8-4-6-10-18(16)19/h3-10,19-20H,11-12H2,1-2H3,(H,25,28)(H,26,27). The Morgan fingerprint density at radius 3 is 2.23 bits per heavy atom. The Labute approximate surface area is 178 Å². The Hall–Kier alpha value is -3.19. The number of thiazole rings is 1. The summed E-state index contributed by atoms with van der Waals surface area (Å²) in [6, 6.07) is 15.5. The second-order valence-electron chi connectivity index (χ2n) is 7.30. The lowest BCUT2D eigenvalue weighted by molar-refractivity contribution is -0.137. The number of amides is 1. The first kappa shape index (κ1) is 20.1. The summed E-state index contributed by atoms with van der Waals surface area (Å²) in [6.45, 7) is 3.85. The zero-order valence-corrected chi connectivity index (χ0v) is 17.5. The van der Waals surface area contributed by atoms with Crippen LogP contribution >= 0.6 is 11.3 Å². The third-order valence-corrected chi connectivity index (χ3v) is 6.46. The van der Waals surface area contributed by atoms with Gasteiger partial charge in [0.25, 0.3) is 0 Å². The number of aromatic nitrogens is 1. The van der Waals surface area contributed by atoms with Gasteiger partial charge in [0.05, 0.1) is 28.0 Å². The number of carbonyl (C=O) groups is 2. The molecule has 154 valence electrons. The third-order valence-electron chi connectivity index (χ3n) is 5.27. The number of fused-ring (bicyclic) bond motifs is 3. The molecule has 0 saturated carbocycles. The molecule has 2 aromatic carbocycles. The SMILES string of the molecule is Cc1nc(C)c(C(CC(=O)O)NC(=O)OCC2c3ccccc3-c3ccccc32)s1. The normalized spacial score (nSPS) is 13.4. The van der Waals surface area contributed by atoms with Crippen LogP contribution in [0.2, 0.25) is 0 Å². The number of benzene rings is 2. The zero-order valence-electron chi connectivity index (χ0n) is 16.7. The number of ether oxygens (including phenoxy) is 1. The van der Waals surface area contributed by atoms with E-state index in [1.165, 1.54) is 11.3 Å². The van der Waals surface area contributed by atoms with Crippen LogP contribution < -0.4 is 5.32 Å². The molecule has 30 heavy (non-hydrogen) atoms. The van der Waals surface area contributed by atoms with E-state index in [1.807, 2.05) is 38.1 Å². The lowest BCUT2D eigenvalue weighted by atomic mass is 9.98. The molecule has 7 heteroatoms. The Balaban J connectivity index is 1.49. The van der Waals surface area contributed by atoms with Crippen molar-refractivity contribution in [3.05, 3.63) is 75.2 Å². The molecule has 1 aliphatic rings. The van der Waals surface area contributed by atoms with Gasteiger partial charge in [-0.25, -0.2) is 9.78 Å². The average molecular weight is 423 g/mol. The van der Waals surface area contributed by atoms with Gasteiger partial charge in [0.2, 0.25) is 0 Å². The minimum Gasteiger partial charge on any atom is -0.481 e. The number of aryl methyl sites for hydroxylation is 2. The van der Waals surface area contributed by atoms with Gasteiger partial charge in [-0.1, -0.05) is 48.5 Å². The molecule has 1 unspecified atom stereocenters. The van der Waals surface area contributed by atoms with Crippen molar-refractivity contribution in [3.8, 4) is 11.1 Å². The first-order valence-electron chi connectivity index (χ1n) is 9.71. The van der Waals surface area contributed by atoms with Crippen LogP contribution in [0.3, 0.4) is 0 Å². The van der Waals surface area contributed by atoms with Crippen molar-refractivity contribution in [2.45, 2.75) is 32.2 Å². The molecule has 4 rings (SSSR count). The van der Waals surface area contributed by atoms with E-state index in [2.05, 4.69) is 34.6 Å². The topological polar surface area (TPSA) is 88.5 Å². The maximum absolute atomic E-state index is 12.6. The van der Waals surface area contributed by atoms with Gasteiger partial charge in [-0.2, -0.15) is 0 Å². The van der Waals surface area contributed by atoms with E-state index >= 15 is 0 Å². The van der Waals surface area contributed by atoms with Gasteiger partial charge in [0.1, 0.15) is 6.61 Å². The van der Waals surface area contributed by atoms with Crippen LogP contribution in [0.15, 0.2) is 48.5 Å². The number of alkyl carbamates (subject to hydrolysis) is 1. The molecule has 0 fully saturated rings. The number of carboxylic acids is 1. The molecule has 0 saturated heterocycles. The molecule has 0 bridgehead atoms. The van der Waals surface area contributed by atoms with E-state index in [4.69, 9.17) is 4.74 Å². The van der Waals surface area contributed by atoms with E-state index in [0.717, 1.165) is 37.8 Å². The van der Waals surface area contributed by atoms with Gasteiger partial charge in [0, 0.05) is 5.92 Å². The summed E-state index contributed by atoms with van der Waals surface area (Å²) < 4.78 is 5.56. The van der Waals surface area contributed by atoms with E-state index in [0.29, 0.717) is 0 Å². The highest BCUT2D eigenvalue weighted by molar-refractivity contribution is 7.11. The molecule has 6 nitrogen and oxygen atoms in total. The fraction of sp³-hybridized carbons (Fsp3) is 0.261. The van der Waals surface area contributed by atoms with Crippen LogP contribution in [-0.2, 0) is 9.53 Å². The summed E-state index contributed by atoms with van der Waals surface area (Å²) in [5.74, 6) is -1.04. The van der Waals surface area contributed by atoms with Gasteiger partial charge in [0.15, 0.2) is 0 Å². The van der Waals surface area contributed by atoms with E-state index < -0.39 is 18.1 Å². The molecule has 3 aromatic rings. The van der Waals surface area contributed by atoms with E-state index in [-0.39, 0.29) is 18.9 Å². The minimum atomic E-state index is -0.996. The monoisotopic (exact) mass is 422 g/mol. The zero-order chi connectivity index (χ0) is 21.3. The number of hydrogen-bond acceptors (Lipinski definition) is 5. The average Bonchev–Trinajstić information content (AvgIpc) is 3.22. The molecular formula is C23H22N2O4S. The first-order valence-corrected chi connectivity index (χ1v) is 10.5. The predicted molar refractivity (Wildman–Crippen MR) is 115 cm³/mol. The highest BCUT2D eigenvalue weighted by Gasteiger charge is 2.30. The summed E-state index contributed by atoms with van der Waals surface area (Å²) in [6.07, 6.45) is -0.860. The predicted octanol–water partition coefficient (Wildman–Crippen LogP) is 4.81. The van der Waals surface area contributed by atoms with Crippen LogP contribution in [0.1, 0.15) is 45.1 Å². The van der Waals surface area contributed by atoms with E-state index in [9.17, 15) is 14.7 Å². The fourth-order valence-corrected chi connectivity index (χ4v) is 5.02. The van der Waals surface area contributed by atoms with Crippen LogP contribution in [0.5, 0.6) is 0 Å². The molecule has 0 aliphatic heterocycles. The largest absolute Gasteiger partial charge is 0.481 e. The highest BCUT2D eigenvalue weighted by Crippen LogP contribution is 2.44. The maximum Gasteiger partial charge on any atom is 0.407 e. The van der Waals surface area contributed by atoms with Crippen molar-refractivity contribution in [2.24, 2.45) is 0 Å². The first-order chi connectivity index (χ1) is 14.4. The van der Waals surface area contributed by atoms with Gasteiger partial charge < -0.3 is 15.2 Å². The Morgan fingerprint density at radius 1 is 1.10 bits per heavy atom. The molecule has 1 atom stereocenters. The Morgan fingerprint density at radius 2 is 1.70 bits per heavy atom. The third kappa shape index (κ3) is 3.93. The number of nitrogens with zero attached hydrogens (tertiary/aromatic N) is 1. The number of nitrogens with one attached hydrogen (secondary N) is 1. The molecule has 1 aromatic heterocycles.